The molecule has 0 aromatic carbocycles. The average molecular weight is 276 g/mol. The molecule has 0 heterocycles. The van der Waals surface area contributed by atoms with Crippen LogP contribution in [0.3, 0.4) is 0 Å². The summed E-state index contributed by atoms with van der Waals surface area (Å²) in [5.74, 6) is -0.404. The maximum atomic E-state index is 11.8. The molecule has 2 amide bonds. The Kier molecular flexibility index (Phi) is 9.13. The van der Waals surface area contributed by atoms with Gasteiger partial charge in [-0.1, -0.05) is 6.08 Å². The Morgan fingerprint density at radius 1 is 1.56 bits per heavy atom. The minimum atomic E-state index is -1.06. The highest BCUT2D eigenvalue weighted by molar-refractivity contribution is 7.98. The third kappa shape index (κ3) is 6.51. The molecule has 1 unspecified atom stereocenters. The molecule has 0 aromatic heterocycles. The summed E-state index contributed by atoms with van der Waals surface area (Å²) >= 11 is 1.52. The van der Waals surface area contributed by atoms with Gasteiger partial charge in [0.1, 0.15) is 6.04 Å². The number of aliphatic carboxylic acids is 1. The quantitative estimate of drug-likeness (QED) is 0.530. The molecule has 104 valence electrons. The van der Waals surface area contributed by atoms with E-state index in [4.69, 9.17) is 10.2 Å². The topological polar surface area (TPSA) is 89.9 Å². The molecule has 0 fully saturated rings. The minimum Gasteiger partial charge on any atom is -0.480 e. The van der Waals surface area contributed by atoms with Crippen molar-refractivity contribution in [1.82, 2.24) is 10.2 Å². The van der Waals surface area contributed by atoms with Crippen LogP contribution >= 0.6 is 11.8 Å². The van der Waals surface area contributed by atoms with E-state index < -0.39 is 18.0 Å². The predicted octanol–water partition coefficient (Wildman–Crippen LogP) is 0.383. The summed E-state index contributed by atoms with van der Waals surface area (Å²) in [5, 5.41) is 20.2. The van der Waals surface area contributed by atoms with Gasteiger partial charge in [-0.05, 0) is 18.4 Å². The van der Waals surface area contributed by atoms with Crippen molar-refractivity contribution in [1.29, 1.82) is 0 Å². The SMILES string of the molecule is C=CCN(CCO)C(=O)NC(CCSC)C(=O)O. The molecule has 18 heavy (non-hydrogen) atoms. The van der Waals surface area contributed by atoms with Crippen molar-refractivity contribution in [3.8, 4) is 0 Å². The standard InChI is InChI=1S/C11H20N2O4S/c1-3-5-13(6-7-14)11(17)12-9(10(15)16)4-8-18-2/h3,9,14H,1,4-8H2,2H3,(H,12,17)(H,15,16). The summed E-state index contributed by atoms with van der Waals surface area (Å²) in [5.41, 5.74) is 0. The van der Waals surface area contributed by atoms with E-state index in [-0.39, 0.29) is 19.7 Å². The fraction of sp³-hybridized carbons (Fsp3) is 0.636. The van der Waals surface area contributed by atoms with Crippen LogP contribution in [0, 0.1) is 0 Å². The number of aliphatic hydroxyl groups is 1. The Bertz CT molecular complexity index is 286. The normalized spacial score (nSPS) is 11.7. The monoisotopic (exact) mass is 276 g/mol. The van der Waals surface area contributed by atoms with Gasteiger partial charge in [-0.25, -0.2) is 9.59 Å². The maximum absolute atomic E-state index is 11.8. The lowest BCUT2D eigenvalue weighted by Crippen LogP contribution is -2.49. The van der Waals surface area contributed by atoms with Crippen molar-refractivity contribution >= 4 is 23.8 Å². The van der Waals surface area contributed by atoms with E-state index in [9.17, 15) is 9.59 Å². The van der Waals surface area contributed by atoms with E-state index in [1.54, 1.807) is 0 Å². The van der Waals surface area contributed by atoms with Gasteiger partial charge in [-0.2, -0.15) is 11.8 Å². The first kappa shape index (κ1) is 16.8. The Balaban J connectivity index is 4.44. The summed E-state index contributed by atoms with van der Waals surface area (Å²) in [6.07, 6.45) is 3.76. The number of thioether (sulfide) groups is 1. The lowest BCUT2D eigenvalue weighted by Gasteiger charge is -2.23. The number of urea groups is 1. The zero-order valence-electron chi connectivity index (χ0n) is 10.5. The minimum absolute atomic E-state index is 0.146. The van der Waals surface area contributed by atoms with Gasteiger partial charge in [-0.3, -0.25) is 0 Å². The second-order valence-corrected chi connectivity index (χ2v) is 4.57. The molecule has 0 saturated heterocycles. The van der Waals surface area contributed by atoms with Crippen LogP contribution in [0.4, 0.5) is 4.79 Å². The smallest absolute Gasteiger partial charge is 0.326 e. The second-order valence-electron chi connectivity index (χ2n) is 3.58. The number of carbonyl (C=O) groups excluding carboxylic acids is 1. The molecule has 0 spiro atoms. The van der Waals surface area contributed by atoms with Gasteiger partial charge in [0.05, 0.1) is 6.61 Å². The van der Waals surface area contributed by atoms with E-state index in [0.29, 0.717) is 12.2 Å². The summed E-state index contributed by atoms with van der Waals surface area (Å²) in [4.78, 5) is 24.1. The summed E-state index contributed by atoms with van der Waals surface area (Å²) in [6.45, 7) is 3.74. The number of aliphatic hydroxyl groups excluding tert-OH is 1. The maximum Gasteiger partial charge on any atom is 0.326 e. The molecule has 0 aliphatic rings. The lowest BCUT2D eigenvalue weighted by molar-refractivity contribution is -0.139. The third-order valence-electron chi connectivity index (χ3n) is 2.21. The molecular formula is C11H20N2O4S. The number of amides is 2. The van der Waals surface area contributed by atoms with E-state index in [0.717, 1.165) is 0 Å². The fourth-order valence-corrected chi connectivity index (χ4v) is 1.76. The van der Waals surface area contributed by atoms with Crippen molar-refractivity contribution in [3.63, 3.8) is 0 Å². The van der Waals surface area contributed by atoms with E-state index in [2.05, 4.69) is 11.9 Å². The van der Waals surface area contributed by atoms with Crippen molar-refractivity contribution in [2.24, 2.45) is 0 Å². The van der Waals surface area contributed by atoms with Crippen molar-refractivity contribution in [2.75, 3.05) is 31.7 Å². The van der Waals surface area contributed by atoms with Gasteiger partial charge in [0, 0.05) is 13.1 Å². The van der Waals surface area contributed by atoms with Gasteiger partial charge >= 0.3 is 12.0 Å². The number of rotatable bonds is 9. The number of hydrogen-bond donors (Lipinski definition) is 3. The molecule has 1 atom stereocenters. The van der Waals surface area contributed by atoms with Gasteiger partial charge in [0.15, 0.2) is 0 Å². The first-order valence-electron chi connectivity index (χ1n) is 5.55. The average Bonchev–Trinajstić information content (AvgIpc) is 2.33. The molecule has 7 heteroatoms. The van der Waals surface area contributed by atoms with Crippen LogP contribution in [0.15, 0.2) is 12.7 Å². The Morgan fingerprint density at radius 2 is 2.22 bits per heavy atom. The number of nitrogens with one attached hydrogen (secondary N) is 1. The Morgan fingerprint density at radius 3 is 2.67 bits per heavy atom. The van der Waals surface area contributed by atoms with Gasteiger partial charge < -0.3 is 20.4 Å². The van der Waals surface area contributed by atoms with Crippen LogP contribution in [0.2, 0.25) is 0 Å². The molecule has 0 saturated carbocycles. The Labute approximate surface area is 111 Å². The zero-order chi connectivity index (χ0) is 14.0. The van der Waals surface area contributed by atoms with E-state index >= 15 is 0 Å². The second kappa shape index (κ2) is 9.78. The Hall–Kier alpha value is -1.21. The predicted molar refractivity (Wildman–Crippen MR) is 71.8 cm³/mol. The van der Waals surface area contributed by atoms with Crippen LogP contribution in [-0.2, 0) is 4.79 Å². The zero-order valence-corrected chi connectivity index (χ0v) is 11.3. The highest BCUT2D eigenvalue weighted by atomic mass is 32.2. The van der Waals surface area contributed by atoms with Gasteiger partial charge in [-0.15, -0.1) is 6.58 Å². The van der Waals surface area contributed by atoms with E-state index in [1.807, 2.05) is 6.26 Å². The first-order valence-corrected chi connectivity index (χ1v) is 6.95. The summed E-state index contributed by atoms with van der Waals surface area (Å²) < 4.78 is 0. The molecule has 0 aliphatic heterocycles. The van der Waals surface area contributed by atoms with Crippen molar-refractivity contribution in [2.45, 2.75) is 12.5 Å². The molecule has 0 rings (SSSR count). The lowest BCUT2D eigenvalue weighted by atomic mass is 10.2. The van der Waals surface area contributed by atoms with Crippen LogP contribution in [0.1, 0.15) is 6.42 Å². The number of hydrogen-bond acceptors (Lipinski definition) is 4. The molecule has 0 aromatic rings. The largest absolute Gasteiger partial charge is 0.480 e. The molecule has 0 aliphatic carbocycles. The number of carbonyl (C=O) groups is 2. The molecule has 0 radical (unpaired) electrons. The number of carboxylic acids is 1. The third-order valence-corrected chi connectivity index (χ3v) is 2.86. The van der Waals surface area contributed by atoms with Crippen LogP contribution in [0.5, 0.6) is 0 Å². The van der Waals surface area contributed by atoms with Crippen LogP contribution in [0.25, 0.3) is 0 Å². The van der Waals surface area contributed by atoms with E-state index in [1.165, 1.54) is 22.7 Å². The van der Waals surface area contributed by atoms with Crippen molar-refractivity contribution < 1.29 is 19.8 Å². The highest BCUT2D eigenvalue weighted by Crippen LogP contribution is 2.02. The summed E-state index contributed by atoms with van der Waals surface area (Å²) in [7, 11) is 0. The van der Waals surface area contributed by atoms with Crippen molar-refractivity contribution in [3.05, 3.63) is 12.7 Å². The summed E-state index contributed by atoms with van der Waals surface area (Å²) in [6, 6.07) is -1.41. The molecule has 0 bridgehead atoms. The fourth-order valence-electron chi connectivity index (χ4n) is 1.29. The van der Waals surface area contributed by atoms with Gasteiger partial charge in [0.2, 0.25) is 0 Å². The number of nitrogens with zero attached hydrogens (tertiary/aromatic N) is 1. The van der Waals surface area contributed by atoms with Crippen LogP contribution < -0.4 is 5.32 Å². The first-order chi connectivity index (χ1) is 8.56. The van der Waals surface area contributed by atoms with Crippen LogP contribution in [-0.4, -0.2) is 64.9 Å². The number of carboxylic acid groups (broad SMARTS) is 1. The molecular weight excluding hydrogens is 256 g/mol. The van der Waals surface area contributed by atoms with Gasteiger partial charge in [0.25, 0.3) is 0 Å². The molecule has 3 N–H and O–H groups in total. The molecule has 6 nitrogen and oxygen atoms in total. The highest BCUT2D eigenvalue weighted by Gasteiger charge is 2.21.